The monoisotopic (exact) mass is 330 g/mol. The molecule has 1 saturated carbocycles. The molecule has 0 heterocycles. The molecule has 1 aliphatic carbocycles. The van der Waals surface area contributed by atoms with Crippen molar-refractivity contribution in [2.24, 2.45) is 5.41 Å². The minimum Gasteiger partial charge on any atom is -0.465 e. The first-order valence-electron chi connectivity index (χ1n) is 8.59. The van der Waals surface area contributed by atoms with Crippen LogP contribution in [0.3, 0.4) is 0 Å². The van der Waals surface area contributed by atoms with E-state index >= 15 is 0 Å². The van der Waals surface area contributed by atoms with Crippen LogP contribution in [0.1, 0.15) is 54.9 Å². The Balaban J connectivity index is 2.32. The second kappa shape index (κ2) is 7.29. The van der Waals surface area contributed by atoms with Gasteiger partial charge in [-0.2, -0.15) is 0 Å². The lowest BCUT2D eigenvalue weighted by molar-refractivity contribution is -0.162. The molecule has 0 unspecified atom stereocenters. The maximum atomic E-state index is 13.1. The van der Waals surface area contributed by atoms with Gasteiger partial charge >= 0.3 is 5.97 Å². The third kappa shape index (κ3) is 3.58. The fraction of sp³-hybridized carbons (Fsp3) is 0.550. The van der Waals surface area contributed by atoms with Gasteiger partial charge in [-0.3, -0.25) is 14.4 Å². The predicted octanol–water partition coefficient (Wildman–Crippen LogP) is 3.42. The predicted molar refractivity (Wildman–Crippen MR) is 91.9 cm³/mol. The van der Waals surface area contributed by atoms with Crippen molar-refractivity contribution >= 4 is 17.5 Å². The van der Waals surface area contributed by atoms with Gasteiger partial charge in [0.1, 0.15) is 11.2 Å². The van der Waals surface area contributed by atoms with Crippen LogP contribution in [0, 0.1) is 26.2 Å². The third-order valence-corrected chi connectivity index (χ3v) is 5.04. The number of hydrogen-bond donors (Lipinski definition) is 0. The van der Waals surface area contributed by atoms with Gasteiger partial charge in [0.25, 0.3) is 0 Å². The van der Waals surface area contributed by atoms with Crippen LogP contribution in [-0.4, -0.2) is 24.1 Å². The van der Waals surface area contributed by atoms with Crippen LogP contribution in [0.15, 0.2) is 12.1 Å². The van der Waals surface area contributed by atoms with E-state index in [0.29, 0.717) is 0 Å². The molecule has 24 heavy (non-hydrogen) atoms. The van der Waals surface area contributed by atoms with Gasteiger partial charge in [0, 0.05) is 19.3 Å². The molecule has 0 N–H and O–H groups in total. The molecule has 1 aromatic rings. The van der Waals surface area contributed by atoms with Gasteiger partial charge in [0.2, 0.25) is 0 Å². The van der Waals surface area contributed by atoms with E-state index in [1.54, 1.807) is 6.92 Å². The Kier molecular flexibility index (Phi) is 5.58. The van der Waals surface area contributed by atoms with Crippen LogP contribution in [0.5, 0.6) is 0 Å². The van der Waals surface area contributed by atoms with E-state index in [9.17, 15) is 14.4 Å². The Morgan fingerprint density at radius 3 is 2.12 bits per heavy atom. The second-order valence-electron chi connectivity index (χ2n) is 6.82. The number of rotatable bonds is 5. The zero-order chi connectivity index (χ0) is 17.9. The zero-order valence-electron chi connectivity index (χ0n) is 15.0. The number of Topliss-reactive ketones (excluding diaryl/α,β-unsaturated/α-hetero) is 2. The van der Waals surface area contributed by atoms with Crippen LogP contribution in [0.25, 0.3) is 0 Å². The smallest absolute Gasteiger partial charge is 0.319 e. The molecule has 4 heteroatoms. The standard InChI is InChI=1S/C20H26O4/c1-5-24-19(23)20(8-6-16(21)7-9-20)18(22)12-17-14(3)10-13(2)11-15(17)4/h10-11H,5-9,12H2,1-4H3. The summed E-state index contributed by atoms with van der Waals surface area (Å²) in [4.78, 5) is 37.2. The van der Waals surface area contributed by atoms with E-state index in [4.69, 9.17) is 4.74 Å². The third-order valence-electron chi connectivity index (χ3n) is 5.04. The van der Waals surface area contributed by atoms with Gasteiger partial charge in [0.05, 0.1) is 6.61 Å². The molecule has 1 aromatic carbocycles. The number of hydrogen-bond acceptors (Lipinski definition) is 4. The second-order valence-corrected chi connectivity index (χ2v) is 6.82. The number of benzene rings is 1. The maximum absolute atomic E-state index is 13.1. The summed E-state index contributed by atoms with van der Waals surface area (Å²) in [5, 5.41) is 0. The van der Waals surface area contributed by atoms with Crippen LogP contribution < -0.4 is 0 Å². The summed E-state index contributed by atoms with van der Waals surface area (Å²) in [6.45, 7) is 7.98. The first-order valence-corrected chi connectivity index (χ1v) is 8.59. The maximum Gasteiger partial charge on any atom is 0.319 e. The minimum atomic E-state index is -1.16. The molecule has 2 rings (SSSR count). The summed E-state index contributed by atoms with van der Waals surface area (Å²) in [5.41, 5.74) is 3.10. The van der Waals surface area contributed by atoms with Crippen molar-refractivity contribution in [1.82, 2.24) is 0 Å². The number of ketones is 2. The molecule has 0 saturated heterocycles. The van der Waals surface area contributed by atoms with Gasteiger partial charge in [-0.25, -0.2) is 0 Å². The lowest BCUT2D eigenvalue weighted by Gasteiger charge is -2.33. The summed E-state index contributed by atoms with van der Waals surface area (Å²) in [7, 11) is 0. The minimum absolute atomic E-state index is 0.116. The molecule has 0 aromatic heterocycles. The molecule has 0 amide bonds. The Morgan fingerprint density at radius 1 is 1.08 bits per heavy atom. The molecule has 0 radical (unpaired) electrons. The first kappa shape index (κ1) is 18.4. The molecule has 130 valence electrons. The molecule has 0 aliphatic heterocycles. The van der Waals surface area contributed by atoms with Gasteiger partial charge < -0.3 is 4.74 Å². The van der Waals surface area contributed by atoms with E-state index in [0.717, 1.165) is 22.3 Å². The van der Waals surface area contributed by atoms with E-state index in [-0.39, 0.29) is 50.3 Å². The Morgan fingerprint density at radius 2 is 1.62 bits per heavy atom. The number of carbonyl (C=O) groups excluding carboxylic acids is 3. The SMILES string of the molecule is CCOC(=O)C1(C(=O)Cc2c(C)cc(C)cc2C)CCC(=O)CC1. The van der Waals surface area contributed by atoms with E-state index in [1.807, 2.05) is 20.8 Å². The molecule has 1 aliphatic rings. The van der Waals surface area contributed by atoms with Gasteiger partial charge in [-0.15, -0.1) is 0 Å². The summed E-state index contributed by atoms with van der Waals surface area (Å²) in [5.74, 6) is -0.473. The highest BCUT2D eigenvalue weighted by Gasteiger charge is 2.48. The van der Waals surface area contributed by atoms with E-state index < -0.39 is 11.4 Å². The number of carbonyl (C=O) groups is 3. The molecule has 1 fully saturated rings. The highest BCUT2D eigenvalue weighted by Crippen LogP contribution is 2.38. The highest BCUT2D eigenvalue weighted by atomic mass is 16.5. The molecule has 4 nitrogen and oxygen atoms in total. The fourth-order valence-corrected chi connectivity index (χ4v) is 3.64. The summed E-state index contributed by atoms with van der Waals surface area (Å²) >= 11 is 0. The normalized spacial score (nSPS) is 16.8. The number of esters is 1. The lowest BCUT2D eigenvalue weighted by atomic mass is 9.69. The molecular weight excluding hydrogens is 304 g/mol. The topological polar surface area (TPSA) is 60.4 Å². The number of aryl methyl sites for hydroxylation is 3. The molecule has 0 atom stereocenters. The molecule has 0 bridgehead atoms. The summed E-state index contributed by atoms with van der Waals surface area (Å²) < 4.78 is 5.19. The number of ether oxygens (including phenoxy) is 1. The van der Waals surface area contributed by atoms with Crippen LogP contribution in [-0.2, 0) is 25.5 Å². The molecule has 0 spiro atoms. The lowest BCUT2D eigenvalue weighted by Crippen LogP contribution is -2.44. The summed E-state index contributed by atoms with van der Waals surface area (Å²) in [6.07, 6.45) is 1.30. The van der Waals surface area contributed by atoms with E-state index in [2.05, 4.69) is 12.1 Å². The van der Waals surface area contributed by atoms with Crippen molar-refractivity contribution in [3.05, 3.63) is 34.4 Å². The zero-order valence-corrected chi connectivity index (χ0v) is 15.0. The van der Waals surface area contributed by atoms with Crippen molar-refractivity contribution in [1.29, 1.82) is 0 Å². The van der Waals surface area contributed by atoms with Gasteiger partial charge in [0.15, 0.2) is 5.78 Å². The van der Waals surface area contributed by atoms with Crippen LogP contribution in [0.2, 0.25) is 0 Å². The van der Waals surface area contributed by atoms with Crippen LogP contribution in [0.4, 0.5) is 0 Å². The quantitative estimate of drug-likeness (QED) is 0.613. The largest absolute Gasteiger partial charge is 0.465 e. The molecular formula is C20H26O4. The van der Waals surface area contributed by atoms with Crippen LogP contribution >= 0.6 is 0 Å². The van der Waals surface area contributed by atoms with Crippen molar-refractivity contribution in [3.8, 4) is 0 Å². The van der Waals surface area contributed by atoms with Gasteiger partial charge in [-0.1, -0.05) is 17.7 Å². The Bertz CT molecular complexity index is 639. The van der Waals surface area contributed by atoms with Crippen molar-refractivity contribution < 1.29 is 19.1 Å². The van der Waals surface area contributed by atoms with E-state index in [1.165, 1.54) is 0 Å². The van der Waals surface area contributed by atoms with Crippen molar-refractivity contribution in [2.45, 2.75) is 59.8 Å². The average molecular weight is 330 g/mol. The summed E-state index contributed by atoms with van der Waals surface area (Å²) in [6, 6.07) is 4.11. The first-order chi connectivity index (χ1) is 11.3. The highest BCUT2D eigenvalue weighted by molar-refractivity contribution is 6.06. The Hall–Kier alpha value is -1.97. The van der Waals surface area contributed by atoms with Gasteiger partial charge in [-0.05, 0) is 57.2 Å². The Labute approximate surface area is 143 Å². The van der Waals surface area contributed by atoms with Crippen molar-refractivity contribution in [3.63, 3.8) is 0 Å². The fourth-order valence-electron chi connectivity index (χ4n) is 3.64. The van der Waals surface area contributed by atoms with Crippen molar-refractivity contribution in [2.75, 3.05) is 6.61 Å². The average Bonchev–Trinajstić information content (AvgIpc) is 2.51.